The monoisotopic (exact) mass is 487 g/mol. The van der Waals surface area contributed by atoms with Crippen molar-refractivity contribution in [2.45, 2.75) is 19.9 Å². The van der Waals surface area contributed by atoms with E-state index in [9.17, 15) is 14.7 Å². The molecule has 0 saturated heterocycles. The quantitative estimate of drug-likeness (QED) is 0.325. The van der Waals surface area contributed by atoms with Crippen molar-refractivity contribution < 1.29 is 23.8 Å². The first-order chi connectivity index (χ1) is 16.8. The number of rotatable bonds is 5. The molecule has 1 unspecified atom stereocenters. The van der Waals surface area contributed by atoms with Crippen LogP contribution in [0.5, 0.6) is 5.75 Å². The van der Waals surface area contributed by atoms with Crippen LogP contribution in [0.2, 0.25) is 5.02 Å². The van der Waals surface area contributed by atoms with Crippen molar-refractivity contribution in [2.75, 3.05) is 12.0 Å². The fourth-order valence-electron chi connectivity index (χ4n) is 4.48. The van der Waals surface area contributed by atoms with Crippen LogP contribution >= 0.6 is 11.6 Å². The van der Waals surface area contributed by atoms with Crippen molar-refractivity contribution >= 4 is 39.9 Å². The number of amides is 1. The van der Waals surface area contributed by atoms with E-state index in [4.69, 9.17) is 20.8 Å². The number of aliphatic hydroxyl groups excluding tert-OH is 1. The van der Waals surface area contributed by atoms with Crippen molar-refractivity contribution in [3.05, 3.63) is 106 Å². The van der Waals surface area contributed by atoms with Crippen molar-refractivity contribution in [2.24, 2.45) is 0 Å². The first-order valence-corrected chi connectivity index (χ1v) is 11.4. The van der Waals surface area contributed by atoms with Crippen LogP contribution in [0.4, 0.5) is 5.69 Å². The smallest absolute Gasteiger partial charge is 0.294 e. The molecular formula is C28H22ClNO5. The molecule has 0 bridgehead atoms. The Balaban J connectivity index is 1.68. The minimum atomic E-state index is -0.836. The average molecular weight is 488 g/mol. The third-order valence-electron chi connectivity index (χ3n) is 6.24. The number of benzene rings is 3. The number of methoxy groups -OCH3 is 1. The Hall–Kier alpha value is -4.03. The zero-order chi connectivity index (χ0) is 24.9. The van der Waals surface area contributed by atoms with E-state index in [1.165, 1.54) is 12.0 Å². The predicted molar refractivity (Wildman–Crippen MR) is 134 cm³/mol. The molecule has 0 aliphatic carbocycles. The van der Waals surface area contributed by atoms with E-state index in [-0.39, 0.29) is 11.3 Å². The van der Waals surface area contributed by atoms with Gasteiger partial charge >= 0.3 is 0 Å². The maximum atomic E-state index is 13.8. The molecule has 1 amide bonds. The number of ether oxygens (including phenoxy) is 1. The minimum absolute atomic E-state index is 0.0285. The Morgan fingerprint density at radius 1 is 1.06 bits per heavy atom. The third-order valence-corrected chi connectivity index (χ3v) is 6.46. The lowest BCUT2D eigenvalue weighted by Crippen LogP contribution is -2.31. The highest BCUT2D eigenvalue weighted by atomic mass is 35.5. The topological polar surface area (TPSA) is 80.0 Å². The first-order valence-electron chi connectivity index (χ1n) is 11.0. The molecule has 0 spiro atoms. The minimum Gasteiger partial charge on any atom is -0.503 e. The molecule has 4 aromatic rings. The van der Waals surface area contributed by atoms with E-state index in [0.29, 0.717) is 27.4 Å². The Bertz CT molecular complexity index is 1520. The Kier molecular flexibility index (Phi) is 5.61. The van der Waals surface area contributed by atoms with Crippen molar-refractivity contribution in [3.8, 4) is 5.75 Å². The number of ketones is 1. The largest absolute Gasteiger partial charge is 0.503 e. The highest BCUT2D eigenvalue weighted by Crippen LogP contribution is 2.43. The van der Waals surface area contributed by atoms with Gasteiger partial charge in [-0.15, -0.1) is 0 Å². The number of furan rings is 1. The highest BCUT2D eigenvalue weighted by molar-refractivity contribution is 6.31. The number of carbonyl (C=O) groups is 2. The second-order valence-corrected chi connectivity index (χ2v) is 8.93. The summed E-state index contributed by atoms with van der Waals surface area (Å²) in [5, 5.41) is 12.0. The van der Waals surface area contributed by atoms with Gasteiger partial charge in [0.05, 0.1) is 18.7 Å². The molecule has 1 atom stereocenters. The fraction of sp³-hybridized carbons (Fsp3) is 0.143. The molecular weight excluding hydrogens is 466 g/mol. The van der Waals surface area contributed by atoms with Crippen LogP contribution in [-0.4, -0.2) is 23.9 Å². The van der Waals surface area contributed by atoms with E-state index >= 15 is 0 Å². The molecule has 7 heteroatoms. The molecule has 1 aromatic heterocycles. The van der Waals surface area contributed by atoms with Crippen LogP contribution in [0.15, 0.2) is 82.5 Å². The maximum Gasteiger partial charge on any atom is 0.294 e. The molecule has 3 aromatic carbocycles. The Morgan fingerprint density at radius 2 is 1.77 bits per heavy atom. The van der Waals surface area contributed by atoms with E-state index in [2.05, 4.69) is 0 Å². The van der Waals surface area contributed by atoms with E-state index in [1.807, 2.05) is 50.2 Å². The second kappa shape index (κ2) is 8.64. The molecule has 2 heterocycles. The van der Waals surface area contributed by atoms with Crippen LogP contribution in [-0.2, 0) is 4.79 Å². The summed E-state index contributed by atoms with van der Waals surface area (Å²) in [4.78, 5) is 28.6. The van der Waals surface area contributed by atoms with Crippen LogP contribution in [0.25, 0.3) is 11.0 Å². The van der Waals surface area contributed by atoms with Crippen LogP contribution < -0.4 is 9.64 Å². The molecule has 0 fully saturated rings. The third kappa shape index (κ3) is 3.76. The lowest BCUT2D eigenvalue weighted by molar-refractivity contribution is -0.117. The standard InChI is InChI=1S/C28H22ClNO5/c1-15-8-10-19(11-9-15)30-24(20-7-5-4-6-16(20)2)23(26(32)28(30)33)25(31)21-13-17-12-18(29)14-22(34-3)27(17)35-21/h4-14,24,32H,1-3H3. The molecule has 5 rings (SSSR count). The lowest BCUT2D eigenvalue weighted by Gasteiger charge is -2.28. The molecule has 1 aliphatic rings. The van der Waals surface area contributed by atoms with Crippen LogP contribution in [0, 0.1) is 13.8 Å². The summed E-state index contributed by atoms with van der Waals surface area (Å²) in [5.74, 6) is -1.49. The van der Waals surface area contributed by atoms with Gasteiger partial charge in [0.1, 0.15) is 0 Å². The fourth-order valence-corrected chi connectivity index (χ4v) is 4.70. The van der Waals surface area contributed by atoms with E-state index < -0.39 is 23.5 Å². The molecule has 1 aliphatic heterocycles. The number of fused-ring (bicyclic) bond motifs is 1. The van der Waals surface area contributed by atoms with Gasteiger partial charge in [-0.2, -0.15) is 0 Å². The van der Waals surface area contributed by atoms with Gasteiger partial charge < -0.3 is 14.3 Å². The lowest BCUT2D eigenvalue weighted by atomic mass is 9.92. The number of hydrogen-bond acceptors (Lipinski definition) is 5. The molecule has 0 saturated carbocycles. The van der Waals surface area contributed by atoms with Gasteiger partial charge in [-0.3, -0.25) is 14.5 Å². The summed E-state index contributed by atoms with van der Waals surface area (Å²) >= 11 is 6.17. The normalized spacial score (nSPS) is 15.8. The number of aliphatic hydroxyl groups is 1. The van der Waals surface area contributed by atoms with E-state index in [0.717, 1.165) is 16.7 Å². The molecule has 35 heavy (non-hydrogen) atoms. The van der Waals surface area contributed by atoms with Crippen LogP contribution in [0.1, 0.15) is 33.3 Å². The van der Waals surface area contributed by atoms with E-state index in [1.54, 1.807) is 30.3 Å². The zero-order valence-corrected chi connectivity index (χ0v) is 20.1. The van der Waals surface area contributed by atoms with Gasteiger partial charge in [0, 0.05) is 22.2 Å². The highest BCUT2D eigenvalue weighted by Gasteiger charge is 2.45. The van der Waals surface area contributed by atoms with Gasteiger partial charge in [-0.05, 0) is 49.2 Å². The Morgan fingerprint density at radius 3 is 2.46 bits per heavy atom. The van der Waals surface area contributed by atoms with Crippen molar-refractivity contribution in [1.29, 1.82) is 0 Å². The number of aryl methyl sites for hydroxylation is 2. The van der Waals surface area contributed by atoms with Gasteiger partial charge in [-0.1, -0.05) is 53.6 Å². The van der Waals surface area contributed by atoms with Crippen molar-refractivity contribution in [1.82, 2.24) is 0 Å². The summed E-state index contributed by atoms with van der Waals surface area (Å²) in [5.41, 5.74) is 3.50. The molecule has 6 nitrogen and oxygen atoms in total. The summed E-state index contributed by atoms with van der Waals surface area (Å²) in [6.07, 6.45) is 0. The number of halogens is 1. The predicted octanol–water partition coefficient (Wildman–Crippen LogP) is 6.49. The number of hydrogen-bond donors (Lipinski definition) is 1. The number of nitrogens with zero attached hydrogens (tertiary/aromatic N) is 1. The summed E-state index contributed by atoms with van der Waals surface area (Å²) < 4.78 is 11.2. The van der Waals surface area contributed by atoms with Crippen LogP contribution in [0.3, 0.4) is 0 Å². The Labute approximate surface area is 207 Å². The number of Topliss-reactive ketones (excluding diaryl/α,β-unsaturated/α-hetero) is 1. The first kappa shape index (κ1) is 22.7. The second-order valence-electron chi connectivity index (χ2n) is 8.50. The zero-order valence-electron chi connectivity index (χ0n) is 19.3. The number of anilines is 1. The molecule has 0 radical (unpaired) electrons. The van der Waals surface area contributed by atoms with Crippen molar-refractivity contribution in [3.63, 3.8) is 0 Å². The average Bonchev–Trinajstić information content (AvgIpc) is 3.38. The molecule has 1 N–H and O–H groups in total. The van der Waals surface area contributed by atoms with Gasteiger partial charge in [0.2, 0.25) is 5.78 Å². The van der Waals surface area contributed by atoms with Gasteiger partial charge in [0.15, 0.2) is 22.9 Å². The summed E-state index contributed by atoms with van der Waals surface area (Å²) in [7, 11) is 1.48. The van der Waals surface area contributed by atoms with Gasteiger partial charge in [-0.25, -0.2) is 0 Å². The summed E-state index contributed by atoms with van der Waals surface area (Å²) in [6.45, 7) is 3.85. The SMILES string of the molecule is COc1cc(Cl)cc2cc(C(=O)C3=C(O)C(=O)N(c4ccc(C)cc4)C3c3ccccc3C)oc12. The molecule has 176 valence electrons. The van der Waals surface area contributed by atoms with Gasteiger partial charge in [0.25, 0.3) is 5.91 Å². The summed E-state index contributed by atoms with van der Waals surface area (Å²) in [6, 6.07) is 18.8. The number of carbonyl (C=O) groups excluding carboxylic acids is 2. The maximum absolute atomic E-state index is 13.8.